The molecular formula is C18H18N2O5. The van der Waals surface area contributed by atoms with Gasteiger partial charge in [0.05, 0.1) is 7.11 Å². The van der Waals surface area contributed by atoms with Crippen LogP contribution in [-0.4, -0.2) is 17.1 Å². The lowest BCUT2D eigenvalue weighted by atomic mass is 10.1. The number of hydrogen-bond acceptors (Lipinski definition) is 6. The average molecular weight is 342 g/mol. The summed E-state index contributed by atoms with van der Waals surface area (Å²) >= 11 is 0. The second-order valence-corrected chi connectivity index (χ2v) is 5.54. The summed E-state index contributed by atoms with van der Waals surface area (Å²) in [7, 11) is 1.58. The summed E-state index contributed by atoms with van der Waals surface area (Å²) in [6, 6.07) is 6.94. The zero-order chi connectivity index (χ0) is 18.0. The Morgan fingerprint density at radius 2 is 2.08 bits per heavy atom. The minimum atomic E-state index is -0.547. The van der Waals surface area contributed by atoms with Crippen LogP contribution in [0.4, 0.5) is 0 Å². The van der Waals surface area contributed by atoms with Crippen LogP contribution in [0, 0.1) is 6.92 Å². The van der Waals surface area contributed by atoms with Crippen molar-refractivity contribution in [1.82, 2.24) is 9.97 Å². The zero-order valence-electron chi connectivity index (χ0n) is 14.2. The molecule has 0 radical (unpaired) electrons. The number of rotatable bonds is 5. The Hall–Kier alpha value is -3.09. The van der Waals surface area contributed by atoms with Crippen LogP contribution < -0.4 is 20.7 Å². The second kappa shape index (κ2) is 6.80. The molecule has 0 spiro atoms. The van der Waals surface area contributed by atoms with E-state index in [9.17, 15) is 9.59 Å². The Labute approximate surface area is 143 Å². The third-order valence-corrected chi connectivity index (χ3v) is 4.00. The number of H-pyrrole nitrogens is 1. The maximum atomic E-state index is 12.3. The average Bonchev–Trinajstić information content (AvgIpc) is 2.59. The summed E-state index contributed by atoms with van der Waals surface area (Å²) < 4.78 is 16.0. The van der Waals surface area contributed by atoms with Crippen molar-refractivity contribution in [3.05, 3.63) is 61.7 Å². The van der Waals surface area contributed by atoms with E-state index in [1.165, 1.54) is 6.07 Å². The van der Waals surface area contributed by atoms with E-state index < -0.39 is 11.2 Å². The molecule has 0 aliphatic rings. The number of ether oxygens (including phenoxy) is 2. The molecule has 1 N–H and O–H groups in total. The smallest absolute Gasteiger partial charge is 0.337 e. The topological polar surface area (TPSA) is 94.4 Å². The fourth-order valence-electron chi connectivity index (χ4n) is 2.67. The molecule has 0 saturated carbocycles. The predicted octanol–water partition coefficient (Wildman–Crippen LogP) is 2.33. The number of hydrogen-bond donors (Lipinski definition) is 1. The minimum absolute atomic E-state index is 0.0146. The Kier molecular flexibility index (Phi) is 4.56. The van der Waals surface area contributed by atoms with E-state index in [1.807, 2.05) is 32.0 Å². The molecule has 0 fully saturated rings. The first-order chi connectivity index (χ1) is 12.0. The minimum Gasteiger partial charge on any atom is -0.496 e. The third kappa shape index (κ3) is 3.26. The quantitative estimate of drug-likeness (QED) is 0.765. The number of aryl methyl sites for hydroxylation is 2. The Bertz CT molecular complexity index is 1040. The van der Waals surface area contributed by atoms with Gasteiger partial charge >= 0.3 is 5.63 Å². The van der Waals surface area contributed by atoms with Crippen molar-refractivity contribution in [2.24, 2.45) is 0 Å². The Balaban J connectivity index is 1.99. The lowest BCUT2D eigenvalue weighted by molar-refractivity contribution is 0.272. The van der Waals surface area contributed by atoms with Crippen molar-refractivity contribution >= 4 is 11.1 Å². The van der Waals surface area contributed by atoms with Gasteiger partial charge in [0, 0.05) is 11.6 Å². The molecule has 1 aromatic carbocycles. The van der Waals surface area contributed by atoms with Crippen LogP contribution in [0.25, 0.3) is 11.1 Å². The summed E-state index contributed by atoms with van der Waals surface area (Å²) in [6.07, 6.45) is 0.521. The molecule has 7 nitrogen and oxygen atoms in total. The fourth-order valence-corrected chi connectivity index (χ4v) is 2.67. The highest BCUT2D eigenvalue weighted by Crippen LogP contribution is 2.23. The van der Waals surface area contributed by atoms with E-state index in [4.69, 9.17) is 13.9 Å². The van der Waals surface area contributed by atoms with E-state index in [0.717, 1.165) is 11.1 Å². The molecule has 0 bridgehead atoms. The van der Waals surface area contributed by atoms with E-state index in [-0.39, 0.29) is 23.7 Å². The highest BCUT2D eigenvalue weighted by Gasteiger charge is 2.13. The van der Waals surface area contributed by atoms with Crippen LogP contribution in [-0.2, 0) is 13.0 Å². The van der Waals surface area contributed by atoms with E-state index >= 15 is 0 Å². The Morgan fingerprint density at radius 1 is 1.28 bits per heavy atom. The molecule has 2 aromatic heterocycles. The Morgan fingerprint density at radius 3 is 2.80 bits per heavy atom. The molecule has 0 saturated heterocycles. The molecule has 0 unspecified atom stereocenters. The number of methoxy groups -OCH3 is 1. The maximum absolute atomic E-state index is 12.3. The molecule has 7 heteroatoms. The van der Waals surface area contributed by atoms with Gasteiger partial charge < -0.3 is 13.9 Å². The van der Waals surface area contributed by atoms with Crippen molar-refractivity contribution in [3.63, 3.8) is 0 Å². The highest BCUT2D eigenvalue weighted by molar-refractivity contribution is 5.75. The van der Waals surface area contributed by atoms with Crippen molar-refractivity contribution in [1.29, 1.82) is 0 Å². The van der Waals surface area contributed by atoms with Crippen molar-refractivity contribution in [2.75, 3.05) is 7.11 Å². The molecule has 25 heavy (non-hydrogen) atoms. The first-order valence-corrected chi connectivity index (χ1v) is 7.85. The van der Waals surface area contributed by atoms with E-state index in [1.54, 1.807) is 7.11 Å². The van der Waals surface area contributed by atoms with Crippen LogP contribution in [0.3, 0.4) is 0 Å². The first-order valence-electron chi connectivity index (χ1n) is 7.85. The van der Waals surface area contributed by atoms with Gasteiger partial charge in [0.15, 0.2) is 0 Å². The molecule has 130 valence electrons. The number of benzene rings is 1. The lowest BCUT2D eigenvalue weighted by Gasteiger charge is -2.12. The van der Waals surface area contributed by atoms with Crippen molar-refractivity contribution < 1.29 is 13.9 Å². The molecular weight excluding hydrogens is 324 g/mol. The highest BCUT2D eigenvalue weighted by atomic mass is 16.5. The number of aromatic amines is 1. The first kappa shape index (κ1) is 16.8. The second-order valence-electron chi connectivity index (χ2n) is 5.54. The molecule has 0 aliphatic heterocycles. The summed E-state index contributed by atoms with van der Waals surface area (Å²) in [5.74, 6) is 0.683. The monoisotopic (exact) mass is 342 g/mol. The number of aromatic nitrogens is 2. The molecule has 3 rings (SSSR count). The standard InChI is InChI=1S/C18H18N2O5/c1-4-11-8-14(21)25-17-15(11)16(22)19-18(20-17)24-9-12-10(2)6-5-7-13(12)23-3/h5-8H,4,9H2,1-3H3,(H,19,20,22). The normalized spacial score (nSPS) is 10.8. The third-order valence-electron chi connectivity index (χ3n) is 4.00. The van der Waals surface area contributed by atoms with Gasteiger partial charge in [0.1, 0.15) is 17.7 Å². The lowest BCUT2D eigenvalue weighted by Crippen LogP contribution is -2.15. The van der Waals surface area contributed by atoms with Gasteiger partial charge in [-0.2, -0.15) is 4.98 Å². The fraction of sp³-hybridized carbons (Fsp3) is 0.278. The van der Waals surface area contributed by atoms with Crippen LogP contribution >= 0.6 is 0 Å². The summed E-state index contributed by atoms with van der Waals surface area (Å²) in [5, 5.41) is 0.267. The van der Waals surface area contributed by atoms with Crippen molar-refractivity contribution in [2.45, 2.75) is 26.9 Å². The maximum Gasteiger partial charge on any atom is 0.337 e. The van der Waals surface area contributed by atoms with Crippen LogP contribution in [0.2, 0.25) is 0 Å². The predicted molar refractivity (Wildman–Crippen MR) is 92.3 cm³/mol. The molecule has 0 atom stereocenters. The SMILES string of the molecule is CCc1cc(=O)oc2nc(OCc3c(C)cccc3OC)[nH]c(=O)c12. The summed E-state index contributed by atoms with van der Waals surface area (Å²) in [5.41, 5.74) is 1.44. The number of nitrogens with zero attached hydrogens (tertiary/aromatic N) is 1. The van der Waals surface area contributed by atoms with Gasteiger partial charge in [-0.15, -0.1) is 0 Å². The summed E-state index contributed by atoms with van der Waals surface area (Å²) in [4.78, 5) is 30.6. The molecule has 0 aliphatic carbocycles. The van der Waals surface area contributed by atoms with Crippen LogP contribution in [0.15, 0.2) is 38.3 Å². The van der Waals surface area contributed by atoms with Crippen molar-refractivity contribution in [3.8, 4) is 11.8 Å². The molecule has 0 amide bonds. The van der Waals surface area contributed by atoms with Gasteiger partial charge in [-0.05, 0) is 30.5 Å². The van der Waals surface area contributed by atoms with Gasteiger partial charge in [-0.25, -0.2) is 4.79 Å². The van der Waals surface area contributed by atoms with E-state index in [0.29, 0.717) is 17.7 Å². The summed E-state index contributed by atoms with van der Waals surface area (Å²) in [6.45, 7) is 3.94. The zero-order valence-corrected chi connectivity index (χ0v) is 14.2. The van der Waals surface area contributed by atoms with Gasteiger partial charge in [0.25, 0.3) is 11.6 Å². The van der Waals surface area contributed by atoms with Crippen LogP contribution in [0.5, 0.6) is 11.8 Å². The number of fused-ring (bicyclic) bond motifs is 1. The van der Waals surface area contributed by atoms with Gasteiger partial charge in [0.2, 0.25) is 5.71 Å². The van der Waals surface area contributed by atoms with Crippen LogP contribution in [0.1, 0.15) is 23.6 Å². The van der Waals surface area contributed by atoms with Gasteiger partial charge in [-0.1, -0.05) is 19.1 Å². The largest absolute Gasteiger partial charge is 0.496 e. The van der Waals surface area contributed by atoms with Gasteiger partial charge in [-0.3, -0.25) is 9.78 Å². The van der Waals surface area contributed by atoms with E-state index in [2.05, 4.69) is 9.97 Å². The number of nitrogens with one attached hydrogen (secondary N) is 1. The molecule has 2 heterocycles. The molecule has 3 aromatic rings.